The van der Waals surface area contributed by atoms with E-state index in [0.717, 1.165) is 70.0 Å². The molecule has 28 heavy (non-hydrogen) atoms. The molecule has 0 aromatic heterocycles. The molecule has 2 fully saturated rings. The van der Waals surface area contributed by atoms with Crippen LogP contribution in [0.1, 0.15) is 45.4 Å². The van der Waals surface area contributed by atoms with Crippen LogP contribution in [0.3, 0.4) is 0 Å². The molecule has 1 aromatic rings. The third-order valence-corrected chi connectivity index (χ3v) is 5.49. The Bertz CT molecular complexity index is 623. The zero-order chi connectivity index (χ0) is 19.6. The van der Waals surface area contributed by atoms with Crippen molar-refractivity contribution in [3.8, 4) is 5.75 Å². The third kappa shape index (κ3) is 6.14. The number of ether oxygens (including phenoxy) is 1. The van der Waals surface area contributed by atoms with E-state index in [9.17, 15) is 4.79 Å². The maximum Gasteiger partial charge on any atom is 0.223 e. The predicted molar refractivity (Wildman–Crippen MR) is 113 cm³/mol. The summed E-state index contributed by atoms with van der Waals surface area (Å²) in [6, 6.07) is 10.1. The lowest BCUT2D eigenvalue weighted by Crippen LogP contribution is -2.47. The molecular formula is C22H34N4O2. The molecule has 0 radical (unpaired) electrons. The van der Waals surface area contributed by atoms with Crippen LogP contribution in [-0.2, 0) is 4.79 Å². The molecule has 0 atom stereocenters. The Morgan fingerprint density at radius 3 is 2.54 bits per heavy atom. The largest absolute Gasteiger partial charge is 0.490 e. The van der Waals surface area contributed by atoms with E-state index in [1.54, 1.807) is 0 Å². The zero-order valence-corrected chi connectivity index (χ0v) is 17.0. The average Bonchev–Trinajstić information content (AvgIpc) is 2.67. The summed E-state index contributed by atoms with van der Waals surface area (Å²) in [6.07, 6.45) is 6.44. The number of hydrogen-bond acceptors (Lipinski definition) is 3. The van der Waals surface area contributed by atoms with Gasteiger partial charge in [0, 0.05) is 51.5 Å². The van der Waals surface area contributed by atoms with Crippen molar-refractivity contribution in [1.82, 2.24) is 15.5 Å². The normalized spacial score (nSPS) is 18.5. The molecule has 1 aliphatic carbocycles. The van der Waals surface area contributed by atoms with Gasteiger partial charge in [0.15, 0.2) is 5.96 Å². The number of amides is 1. The highest BCUT2D eigenvalue weighted by Crippen LogP contribution is 2.26. The molecule has 154 valence electrons. The summed E-state index contributed by atoms with van der Waals surface area (Å²) >= 11 is 0. The van der Waals surface area contributed by atoms with E-state index in [-0.39, 0.29) is 17.9 Å². The number of aliphatic imine (C=N–C) groups is 1. The number of nitrogens with zero attached hydrogens (tertiary/aromatic N) is 2. The minimum absolute atomic E-state index is 0.225. The number of para-hydroxylation sites is 1. The molecule has 2 aliphatic rings. The molecule has 6 heteroatoms. The van der Waals surface area contributed by atoms with Crippen LogP contribution in [0.15, 0.2) is 35.3 Å². The maximum absolute atomic E-state index is 11.9. The number of guanidine groups is 1. The highest BCUT2D eigenvalue weighted by molar-refractivity contribution is 5.80. The van der Waals surface area contributed by atoms with Gasteiger partial charge in [0.25, 0.3) is 0 Å². The van der Waals surface area contributed by atoms with Gasteiger partial charge >= 0.3 is 0 Å². The number of carbonyl (C=O) groups excluding carboxylic acids is 1. The van der Waals surface area contributed by atoms with Gasteiger partial charge < -0.3 is 20.3 Å². The topological polar surface area (TPSA) is 66.0 Å². The maximum atomic E-state index is 11.9. The Kier molecular flexibility index (Phi) is 8.00. The number of rotatable bonds is 8. The Morgan fingerprint density at radius 1 is 1.14 bits per heavy atom. The molecule has 0 unspecified atom stereocenters. The van der Waals surface area contributed by atoms with Crippen LogP contribution < -0.4 is 15.4 Å². The molecule has 1 aromatic carbocycles. The fourth-order valence-corrected chi connectivity index (χ4v) is 3.59. The minimum Gasteiger partial charge on any atom is -0.490 e. The molecule has 1 saturated carbocycles. The van der Waals surface area contributed by atoms with Crippen molar-refractivity contribution in [2.45, 2.75) is 51.6 Å². The molecule has 3 rings (SSSR count). The van der Waals surface area contributed by atoms with Crippen molar-refractivity contribution in [2.24, 2.45) is 10.9 Å². The highest BCUT2D eigenvalue weighted by Gasteiger charge is 2.25. The van der Waals surface area contributed by atoms with Crippen LogP contribution >= 0.6 is 0 Å². The van der Waals surface area contributed by atoms with E-state index in [2.05, 4.69) is 22.5 Å². The number of carbonyl (C=O) groups is 1. The highest BCUT2D eigenvalue weighted by atomic mass is 16.5. The van der Waals surface area contributed by atoms with Gasteiger partial charge in [-0.3, -0.25) is 9.79 Å². The first kappa shape index (κ1) is 20.5. The van der Waals surface area contributed by atoms with Gasteiger partial charge in [-0.05, 0) is 38.3 Å². The molecular weight excluding hydrogens is 352 g/mol. The quantitative estimate of drug-likeness (QED) is 0.410. The summed E-state index contributed by atoms with van der Waals surface area (Å²) in [7, 11) is 0. The fourth-order valence-electron chi connectivity index (χ4n) is 3.59. The number of nitrogens with one attached hydrogen (secondary N) is 2. The first-order valence-electron chi connectivity index (χ1n) is 10.8. The SMILES string of the molecule is CCNC(=NCCCNC(=O)C1CCC1)N1CCC(Oc2ccccc2)CC1. The lowest BCUT2D eigenvalue weighted by atomic mass is 9.85. The van der Waals surface area contributed by atoms with Crippen LogP contribution in [0.25, 0.3) is 0 Å². The van der Waals surface area contributed by atoms with E-state index >= 15 is 0 Å². The van der Waals surface area contributed by atoms with Crippen molar-refractivity contribution < 1.29 is 9.53 Å². The number of hydrogen-bond donors (Lipinski definition) is 2. The van der Waals surface area contributed by atoms with Gasteiger partial charge in [-0.15, -0.1) is 0 Å². The molecule has 2 N–H and O–H groups in total. The van der Waals surface area contributed by atoms with Gasteiger partial charge in [-0.1, -0.05) is 24.6 Å². The lowest BCUT2D eigenvalue weighted by Gasteiger charge is -2.34. The van der Waals surface area contributed by atoms with E-state index in [4.69, 9.17) is 9.73 Å². The molecule has 1 heterocycles. The zero-order valence-electron chi connectivity index (χ0n) is 17.0. The summed E-state index contributed by atoms with van der Waals surface area (Å²) < 4.78 is 6.08. The Hall–Kier alpha value is -2.24. The molecule has 0 bridgehead atoms. The second-order valence-electron chi connectivity index (χ2n) is 7.63. The minimum atomic E-state index is 0.225. The van der Waals surface area contributed by atoms with Crippen molar-refractivity contribution in [3.05, 3.63) is 30.3 Å². The van der Waals surface area contributed by atoms with Gasteiger partial charge in [-0.2, -0.15) is 0 Å². The van der Waals surface area contributed by atoms with E-state index in [0.29, 0.717) is 6.54 Å². The van der Waals surface area contributed by atoms with Crippen molar-refractivity contribution in [2.75, 3.05) is 32.7 Å². The average molecular weight is 387 g/mol. The van der Waals surface area contributed by atoms with Crippen LogP contribution in [0.5, 0.6) is 5.75 Å². The van der Waals surface area contributed by atoms with Crippen molar-refractivity contribution in [1.29, 1.82) is 0 Å². The predicted octanol–water partition coefficient (Wildman–Crippen LogP) is 2.80. The summed E-state index contributed by atoms with van der Waals surface area (Å²) in [5.41, 5.74) is 0. The fraction of sp³-hybridized carbons (Fsp3) is 0.636. The Labute approximate surface area is 168 Å². The second kappa shape index (κ2) is 10.9. The van der Waals surface area contributed by atoms with Gasteiger partial charge in [0.1, 0.15) is 11.9 Å². The standard InChI is InChI=1S/C22H34N4O2/c1-2-23-22(25-15-7-14-24-21(27)18-8-6-9-18)26-16-12-20(13-17-26)28-19-10-4-3-5-11-19/h3-5,10-11,18,20H,2,6-9,12-17H2,1H3,(H,23,25)(H,24,27). The summed E-state index contributed by atoms with van der Waals surface area (Å²) in [5, 5.41) is 6.44. The first-order chi connectivity index (χ1) is 13.8. The Balaban J connectivity index is 1.38. The van der Waals surface area contributed by atoms with Crippen molar-refractivity contribution >= 4 is 11.9 Å². The van der Waals surface area contributed by atoms with Crippen LogP contribution in [0, 0.1) is 5.92 Å². The molecule has 1 aliphatic heterocycles. The summed E-state index contributed by atoms with van der Waals surface area (Å²) in [5.74, 6) is 2.42. The molecule has 0 spiro atoms. The number of benzene rings is 1. The van der Waals surface area contributed by atoms with Gasteiger partial charge in [-0.25, -0.2) is 0 Å². The molecule has 6 nitrogen and oxygen atoms in total. The first-order valence-corrected chi connectivity index (χ1v) is 10.8. The van der Waals surface area contributed by atoms with Crippen LogP contribution in [-0.4, -0.2) is 55.6 Å². The third-order valence-electron chi connectivity index (χ3n) is 5.49. The van der Waals surface area contributed by atoms with Crippen LogP contribution in [0.4, 0.5) is 0 Å². The number of piperidine rings is 1. The second-order valence-corrected chi connectivity index (χ2v) is 7.63. The van der Waals surface area contributed by atoms with E-state index in [1.807, 2.05) is 30.3 Å². The lowest BCUT2D eigenvalue weighted by molar-refractivity contribution is -0.127. The molecule has 1 amide bonds. The van der Waals surface area contributed by atoms with Gasteiger partial charge in [0.05, 0.1) is 0 Å². The molecule has 1 saturated heterocycles. The smallest absolute Gasteiger partial charge is 0.223 e. The monoisotopic (exact) mass is 386 g/mol. The van der Waals surface area contributed by atoms with E-state index < -0.39 is 0 Å². The summed E-state index contributed by atoms with van der Waals surface area (Å²) in [4.78, 5) is 18.9. The van der Waals surface area contributed by atoms with E-state index in [1.165, 1.54) is 6.42 Å². The van der Waals surface area contributed by atoms with Crippen molar-refractivity contribution in [3.63, 3.8) is 0 Å². The van der Waals surface area contributed by atoms with Gasteiger partial charge in [0.2, 0.25) is 5.91 Å². The number of likely N-dealkylation sites (tertiary alicyclic amines) is 1. The Morgan fingerprint density at radius 2 is 1.89 bits per heavy atom. The van der Waals surface area contributed by atoms with Crippen LogP contribution in [0.2, 0.25) is 0 Å². The summed E-state index contributed by atoms with van der Waals surface area (Å²) in [6.45, 7) is 6.29.